The van der Waals surface area contributed by atoms with Crippen LogP contribution in [0.2, 0.25) is 25.7 Å². The van der Waals surface area contributed by atoms with E-state index in [9.17, 15) is 0 Å². The zero-order valence-electron chi connectivity index (χ0n) is 16.3. The fourth-order valence-electron chi connectivity index (χ4n) is 3.18. The van der Waals surface area contributed by atoms with Gasteiger partial charge in [-0.1, -0.05) is 42.2 Å². The summed E-state index contributed by atoms with van der Waals surface area (Å²) in [6.07, 6.45) is 2.11. The van der Waals surface area contributed by atoms with Gasteiger partial charge in [0.2, 0.25) is 0 Å². The average molecular weight is 487 g/mol. The molecule has 0 spiro atoms. The number of hydrogen-bond acceptors (Lipinski definition) is 4. The topological polar surface area (TPSA) is 39.5 Å². The zero-order chi connectivity index (χ0) is 18.7. The van der Waals surface area contributed by atoms with Crippen LogP contribution < -0.4 is 4.90 Å². The summed E-state index contributed by atoms with van der Waals surface area (Å²) in [6, 6.07) is 5.96. The highest BCUT2D eigenvalue weighted by molar-refractivity contribution is 14.1. The Morgan fingerprint density at radius 2 is 2.19 bits per heavy atom. The Balaban J connectivity index is 1.83. The maximum Gasteiger partial charge on any atom is 0.144 e. The van der Waals surface area contributed by atoms with Gasteiger partial charge in [-0.05, 0) is 30.7 Å². The van der Waals surface area contributed by atoms with Crippen molar-refractivity contribution >= 4 is 47.5 Å². The molecule has 26 heavy (non-hydrogen) atoms. The summed E-state index contributed by atoms with van der Waals surface area (Å²) in [7, 11) is -1.06. The fourth-order valence-corrected chi connectivity index (χ4v) is 4.57. The number of rotatable bonds is 7. The highest BCUT2D eigenvalue weighted by Crippen LogP contribution is 2.27. The molecule has 0 saturated carbocycles. The van der Waals surface area contributed by atoms with Crippen molar-refractivity contribution in [3.05, 3.63) is 23.9 Å². The van der Waals surface area contributed by atoms with E-state index in [2.05, 4.69) is 77.0 Å². The van der Waals surface area contributed by atoms with Crippen LogP contribution in [0.3, 0.4) is 0 Å². The molecule has 0 aromatic carbocycles. The number of aromatic nitrogens is 2. The van der Waals surface area contributed by atoms with E-state index in [1.165, 1.54) is 17.0 Å². The van der Waals surface area contributed by atoms with Crippen molar-refractivity contribution in [2.45, 2.75) is 49.8 Å². The van der Waals surface area contributed by atoms with Crippen LogP contribution >= 0.6 is 22.6 Å². The minimum absolute atomic E-state index is 0.354. The molecule has 1 atom stereocenters. The van der Waals surface area contributed by atoms with E-state index in [4.69, 9.17) is 14.5 Å². The van der Waals surface area contributed by atoms with Gasteiger partial charge in [-0.2, -0.15) is 0 Å². The number of ether oxygens (including phenoxy) is 2. The quantitative estimate of drug-likeness (QED) is 0.250. The molecule has 144 valence electrons. The molecule has 0 bridgehead atoms. The molecule has 0 radical (unpaired) electrons. The van der Waals surface area contributed by atoms with Crippen molar-refractivity contribution < 1.29 is 9.47 Å². The smallest absolute Gasteiger partial charge is 0.144 e. The van der Waals surface area contributed by atoms with Crippen molar-refractivity contribution in [2.75, 3.05) is 31.3 Å². The van der Waals surface area contributed by atoms with Gasteiger partial charge in [0.1, 0.15) is 18.2 Å². The molecule has 3 rings (SSSR count). The van der Waals surface area contributed by atoms with Gasteiger partial charge in [-0.15, -0.1) is 0 Å². The molecule has 7 heteroatoms. The first-order valence-electron chi connectivity index (χ1n) is 9.36. The van der Waals surface area contributed by atoms with Gasteiger partial charge in [0, 0.05) is 37.2 Å². The number of halogens is 1. The molecule has 5 nitrogen and oxygen atoms in total. The van der Waals surface area contributed by atoms with Gasteiger partial charge >= 0.3 is 0 Å². The molecular formula is C19H30IN3O2Si. The third kappa shape index (κ3) is 4.79. The summed E-state index contributed by atoms with van der Waals surface area (Å²) in [5.41, 5.74) is 2.37. The monoisotopic (exact) mass is 487 g/mol. The highest BCUT2D eigenvalue weighted by atomic mass is 127. The summed E-state index contributed by atoms with van der Waals surface area (Å²) >= 11 is 2.44. The average Bonchev–Trinajstić information content (AvgIpc) is 3.00. The Kier molecular flexibility index (Phi) is 6.63. The zero-order valence-corrected chi connectivity index (χ0v) is 19.5. The number of nitrogens with zero attached hydrogens (tertiary/aromatic N) is 3. The van der Waals surface area contributed by atoms with Gasteiger partial charge in [0.25, 0.3) is 0 Å². The summed E-state index contributed by atoms with van der Waals surface area (Å²) in [4.78, 5) is 7.37. The second kappa shape index (κ2) is 8.58. The maximum atomic E-state index is 5.96. The van der Waals surface area contributed by atoms with Crippen LogP contribution in [0.1, 0.15) is 12.5 Å². The lowest BCUT2D eigenvalue weighted by Crippen LogP contribution is -2.44. The Morgan fingerprint density at radius 1 is 1.38 bits per heavy atom. The molecule has 0 aliphatic carbocycles. The van der Waals surface area contributed by atoms with Crippen molar-refractivity contribution in [3.8, 4) is 0 Å². The van der Waals surface area contributed by atoms with E-state index < -0.39 is 8.07 Å². The van der Waals surface area contributed by atoms with Crippen LogP contribution in [0.25, 0.3) is 11.0 Å². The third-order valence-corrected chi connectivity index (χ3v) is 7.36. The number of fused-ring (bicyclic) bond motifs is 1. The lowest BCUT2D eigenvalue weighted by molar-refractivity contribution is 0.0898. The number of morpholine rings is 1. The SMILES string of the molecule is CC1COCCN1c1cc(CI)c2ccn(COCC[Si](C)(C)C)c2n1. The largest absolute Gasteiger partial charge is 0.377 e. The first-order valence-corrected chi connectivity index (χ1v) is 14.6. The predicted molar refractivity (Wildman–Crippen MR) is 119 cm³/mol. The lowest BCUT2D eigenvalue weighted by atomic mass is 10.2. The van der Waals surface area contributed by atoms with Gasteiger partial charge in [-0.3, -0.25) is 0 Å². The van der Waals surface area contributed by atoms with Crippen molar-refractivity contribution in [2.24, 2.45) is 0 Å². The molecule has 1 fully saturated rings. The van der Waals surface area contributed by atoms with Gasteiger partial charge in [0.15, 0.2) is 0 Å². The summed E-state index contributed by atoms with van der Waals surface area (Å²) in [5.74, 6) is 1.06. The highest BCUT2D eigenvalue weighted by Gasteiger charge is 2.22. The van der Waals surface area contributed by atoms with Crippen LogP contribution in [0, 0.1) is 0 Å². The van der Waals surface area contributed by atoms with Crippen LogP contribution in [0.5, 0.6) is 0 Å². The lowest BCUT2D eigenvalue weighted by Gasteiger charge is -2.34. The van der Waals surface area contributed by atoms with Crippen molar-refractivity contribution in [1.29, 1.82) is 0 Å². The Bertz CT molecular complexity index is 744. The van der Waals surface area contributed by atoms with E-state index in [0.717, 1.165) is 42.3 Å². The molecule has 1 unspecified atom stereocenters. The van der Waals surface area contributed by atoms with Crippen LogP contribution in [0.4, 0.5) is 5.82 Å². The minimum Gasteiger partial charge on any atom is -0.377 e. The molecule has 2 aromatic heterocycles. The molecule has 3 heterocycles. The van der Waals surface area contributed by atoms with E-state index in [-0.39, 0.29) is 0 Å². The predicted octanol–water partition coefficient (Wildman–Crippen LogP) is 4.51. The molecule has 1 aliphatic rings. The Labute approximate surface area is 171 Å². The third-order valence-electron chi connectivity index (χ3n) is 4.84. The van der Waals surface area contributed by atoms with E-state index in [0.29, 0.717) is 12.8 Å². The number of hydrogen-bond donors (Lipinski definition) is 0. The molecule has 1 saturated heterocycles. The fraction of sp³-hybridized carbons (Fsp3) is 0.632. The van der Waals surface area contributed by atoms with Crippen molar-refractivity contribution in [3.63, 3.8) is 0 Å². The Hall–Kier alpha value is -0.643. The second-order valence-electron chi connectivity index (χ2n) is 8.26. The Morgan fingerprint density at radius 3 is 2.88 bits per heavy atom. The number of anilines is 1. The second-order valence-corrected chi connectivity index (χ2v) is 14.6. The first-order chi connectivity index (χ1) is 12.4. The van der Waals surface area contributed by atoms with Crippen LogP contribution in [0.15, 0.2) is 18.3 Å². The normalized spacial score (nSPS) is 18.7. The summed E-state index contributed by atoms with van der Waals surface area (Å²) < 4.78 is 14.7. The van der Waals surface area contributed by atoms with E-state index in [1.54, 1.807) is 0 Å². The minimum atomic E-state index is -1.06. The van der Waals surface area contributed by atoms with Crippen molar-refractivity contribution in [1.82, 2.24) is 9.55 Å². The molecule has 0 N–H and O–H groups in total. The van der Waals surface area contributed by atoms with E-state index >= 15 is 0 Å². The molecule has 0 amide bonds. The molecule has 1 aliphatic heterocycles. The van der Waals surface area contributed by atoms with Gasteiger partial charge in [-0.25, -0.2) is 4.98 Å². The molecule has 2 aromatic rings. The van der Waals surface area contributed by atoms with Crippen LogP contribution in [-0.4, -0.2) is 50.0 Å². The van der Waals surface area contributed by atoms with Gasteiger partial charge < -0.3 is 18.9 Å². The summed E-state index contributed by atoms with van der Waals surface area (Å²) in [5, 5.41) is 1.23. The number of pyridine rings is 1. The van der Waals surface area contributed by atoms with Gasteiger partial charge in [0.05, 0.1) is 19.3 Å². The first kappa shape index (κ1) is 20.1. The maximum absolute atomic E-state index is 5.96. The summed E-state index contributed by atoms with van der Waals surface area (Å²) in [6.45, 7) is 13.2. The molecular weight excluding hydrogens is 457 g/mol. The van der Waals surface area contributed by atoms with Crippen LogP contribution in [-0.2, 0) is 20.6 Å². The number of alkyl halides is 1. The van der Waals surface area contributed by atoms with E-state index in [1.807, 2.05) is 0 Å². The standard InChI is InChI=1S/C19H30IN3O2Si/c1-15-13-24-8-7-23(15)18-11-16(12-20)17-5-6-22(19(17)21-18)14-25-9-10-26(2,3)4/h5-6,11,15H,7-10,12-14H2,1-4H3.